The van der Waals surface area contributed by atoms with Gasteiger partial charge in [0.05, 0.1) is 12.3 Å². The van der Waals surface area contributed by atoms with Gasteiger partial charge in [-0.3, -0.25) is 9.52 Å². The number of hydrogen-bond donors (Lipinski definition) is 3. The van der Waals surface area contributed by atoms with E-state index in [1.54, 1.807) is 30.6 Å². The maximum absolute atomic E-state index is 13.4. The number of carbonyl (C=O) groups is 2. The van der Waals surface area contributed by atoms with Crippen molar-refractivity contribution in [3.05, 3.63) is 53.6 Å². The number of benzene rings is 2. The van der Waals surface area contributed by atoms with Gasteiger partial charge in [-0.2, -0.15) is 8.42 Å². The van der Waals surface area contributed by atoms with Crippen molar-refractivity contribution in [2.24, 2.45) is 0 Å². The molecule has 2 aromatic rings. The summed E-state index contributed by atoms with van der Waals surface area (Å²) < 4.78 is 65.1. The van der Waals surface area contributed by atoms with Gasteiger partial charge in [-0.05, 0) is 51.4 Å². The summed E-state index contributed by atoms with van der Waals surface area (Å²) in [5.74, 6) is -2.84. The molecule has 3 N–H and O–H groups in total. The molecule has 0 radical (unpaired) electrons. The Kier molecular flexibility index (Phi) is 8.94. The zero-order valence-electron chi connectivity index (χ0n) is 18.1. The lowest BCUT2D eigenvalue weighted by molar-refractivity contribution is 0.102. The van der Waals surface area contributed by atoms with Gasteiger partial charge in [-0.1, -0.05) is 0 Å². The fourth-order valence-corrected chi connectivity index (χ4v) is 3.22. The van der Waals surface area contributed by atoms with E-state index in [0.717, 1.165) is 18.2 Å². The van der Waals surface area contributed by atoms with Gasteiger partial charge in [0.1, 0.15) is 12.4 Å². The monoisotopic (exact) mass is 486 g/mol. The predicted molar refractivity (Wildman–Crippen MR) is 118 cm³/mol. The number of nitrogens with one attached hydrogen (secondary N) is 3. The van der Waals surface area contributed by atoms with Crippen LogP contribution >= 0.6 is 0 Å². The smallest absolute Gasteiger partial charge is 0.422 e. The number of carbonyl (C=O) groups excluding carboxylic acids is 2. The van der Waals surface area contributed by atoms with Crippen molar-refractivity contribution in [2.45, 2.75) is 6.92 Å². The first-order chi connectivity index (χ1) is 15.5. The van der Waals surface area contributed by atoms with Gasteiger partial charge in [0.25, 0.3) is 5.91 Å². The zero-order valence-corrected chi connectivity index (χ0v) is 19.0. The minimum absolute atomic E-state index is 0.00273. The highest BCUT2D eigenvalue weighted by molar-refractivity contribution is 7.91. The SMILES string of the molecule is CCOc1ccc(C(=O)Nc2ccc(F)c(F)c2)cc1NS(=O)(=O)NC(=O)OCCN(C)C. The molecule has 10 nitrogen and oxygen atoms in total. The van der Waals surface area contributed by atoms with Crippen LogP contribution in [0, 0.1) is 11.6 Å². The van der Waals surface area contributed by atoms with E-state index in [9.17, 15) is 26.8 Å². The fourth-order valence-electron chi connectivity index (χ4n) is 2.44. The van der Waals surface area contributed by atoms with E-state index in [2.05, 4.69) is 10.0 Å². The third-order valence-corrected chi connectivity index (χ3v) is 4.88. The topological polar surface area (TPSA) is 126 Å². The Morgan fingerprint density at radius 3 is 2.42 bits per heavy atom. The minimum Gasteiger partial charge on any atom is -0.492 e. The van der Waals surface area contributed by atoms with Crippen molar-refractivity contribution in [2.75, 3.05) is 43.9 Å². The molecule has 13 heteroatoms. The summed E-state index contributed by atoms with van der Waals surface area (Å²) in [4.78, 5) is 26.0. The van der Waals surface area contributed by atoms with Crippen molar-refractivity contribution in [1.82, 2.24) is 9.62 Å². The molecule has 0 heterocycles. The molecular formula is C20H24F2N4O6S. The summed E-state index contributed by atoms with van der Waals surface area (Å²) in [5, 5.41) is 2.37. The van der Waals surface area contributed by atoms with E-state index < -0.39 is 33.8 Å². The van der Waals surface area contributed by atoms with E-state index in [-0.39, 0.29) is 35.9 Å². The van der Waals surface area contributed by atoms with Gasteiger partial charge in [0.15, 0.2) is 11.6 Å². The largest absolute Gasteiger partial charge is 0.492 e. The predicted octanol–water partition coefficient (Wildman–Crippen LogP) is 2.56. The molecule has 0 bridgehead atoms. The number of anilines is 2. The Labute approximate surface area is 190 Å². The first kappa shape index (κ1) is 25.8. The first-order valence-electron chi connectivity index (χ1n) is 9.66. The number of rotatable bonds is 10. The number of hydrogen-bond acceptors (Lipinski definition) is 7. The number of ether oxygens (including phenoxy) is 2. The summed E-state index contributed by atoms with van der Waals surface area (Å²) in [7, 11) is -0.919. The highest BCUT2D eigenvalue weighted by Crippen LogP contribution is 2.27. The van der Waals surface area contributed by atoms with Crippen molar-refractivity contribution < 1.29 is 36.3 Å². The van der Waals surface area contributed by atoms with Crippen molar-refractivity contribution in [1.29, 1.82) is 0 Å². The molecule has 0 aliphatic rings. The van der Waals surface area contributed by atoms with E-state index in [1.165, 1.54) is 18.2 Å². The summed E-state index contributed by atoms with van der Waals surface area (Å²) in [6.07, 6.45) is -1.19. The molecule has 0 spiro atoms. The maximum atomic E-state index is 13.4. The number of halogens is 2. The van der Waals surface area contributed by atoms with Gasteiger partial charge in [-0.25, -0.2) is 18.3 Å². The average molecular weight is 486 g/mol. The molecule has 2 rings (SSSR count). The standard InChI is InChI=1S/C20H24F2N4O6S/c1-4-31-18-8-5-13(19(27)23-14-6-7-15(21)16(22)12-14)11-17(18)24-33(29,30)25-20(28)32-10-9-26(2)3/h5-8,11-12,24H,4,9-10H2,1-3H3,(H,23,27)(H,25,28). The Balaban J connectivity index is 2.17. The molecular weight excluding hydrogens is 462 g/mol. The third-order valence-electron chi connectivity index (χ3n) is 3.95. The molecule has 2 aromatic carbocycles. The van der Waals surface area contributed by atoms with Crippen molar-refractivity contribution >= 4 is 33.6 Å². The van der Waals surface area contributed by atoms with Crippen molar-refractivity contribution in [3.63, 3.8) is 0 Å². The Morgan fingerprint density at radius 2 is 1.79 bits per heavy atom. The van der Waals surface area contributed by atoms with Crippen LogP contribution < -0.4 is 19.5 Å². The first-order valence-corrected chi connectivity index (χ1v) is 11.1. The normalized spacial score (nSPS) is 11.1. The van der Waals surface area contributed by atoms with E-state index in [1.807, 2.05) is 0 Å². The summed E-state index contributed by atoms with van der Waals surface area (Å²) in [6, 6.07) is 6.68. The van der Waals surface area contributed by atoms with Crippen LogP contribution in [0.15, 0.2) is 36.4 Å². The van der Waals surface area contributed by atoms with Gasteiger partial charge >= 0.3 is 16.3 Å². The van der Waals surface area contributed by atoms with Crippen LogP contribution in [0.3, 0.4) is 0 Å². The Bertz CT molecular complexity index is 1110. The van der Waals surface area contributed by atoms with Crippen LogP contribution in [0.2, 0.25) is 0 Å². The Morgan fingerprint density at radius 1 is 1.06 bits per heavy atom. The third kappa shape index (κ3) is 8.20. The maximum Gasteiger partial charge on any atom is 0.422 e. The molecule has 0 aromatic heterocycles. The van der Waals surface area contributed by atoms with Crippen LogP contribution in [0.4, 0.5) is 25.0 Å². The van der Waals surface area contributed by atoms with Crippen LogP contribution in [-0.4, -0.2) is 59.2 Å². The molecule has 180 valence electrons. The minimum atomic E-state index is -4.43. The lowest BCUT2D eigenvalue weighted by Gasteiger charge is -2.15. The van der Waals surface area contributed by atoms with Crippen LogP contribution in [0.25, 0.3) is 0 Å². The molecule has 0 fully saturated rings. The molecule has 0 saturated carbocycles. The summed E-state index contributed by atoms with van der Waals surface area (Å²) in [6.45, 7) is 2.22. The van der Waals surface area contributed by atoms with Gasteiger partial charge < -0.3 is 19.7 Å². The Hall–Kier alpha value is -3.45. The molecule has 0 aliphatic heterocycles. The molecule has 0 unspecified atom stereocenters. The van der Waals surface area contributed by atoms with E-state index in [0.29, 0.717) is 6.54 Å². The number of amides is 2. The van der Waals surface area contributed by atoms with Gasteiger partial charge in [-0.15, -0.1) is 0 Å². The molecule has 33 heavy (non-hydrogen) atoms. The van der Waals surface area contributed by atoms with E-state index >= 15 is 0 Å². The quantitative estimate of drug-likeness (QED) is 0.471. The summed E-state index contributed by atoms with van der Waals surface area (Å²) >= 11 is 0. The highest BCUT2D eigenvalue weighted by Gasteiger charge is 2.19. The summed E-state index contributed by atoms with van der Waals surface area (Å²) in [5.41, 5.74) is -0.158. The molecule has 0 saturated heterocycles. The molecule has 0 atom stereocenters. The zero-order chi connectivity index (χ0) is 24.6. The lowest BCUT2D eigenvalue weighted by Crippen LogP contribution is -2.36. The highest BCUT2D eigenvalue weighted by atomic mass is 32.2. The molecule has 0 aliphatic carbocycles. The second-order valence-electron chi connectivity index (χ2n) is 6.87. The van der Waals surface area contributed by atoms with Crippen LogP contribution in [-0.2, 0) is 14.9 Å². The van der Waals surface area contributed by atoms with Gasteiger partial charge in [0, 0.05) is 23.9 Å². The van der Waals surface area contributed by atoms with Crippen LogP contribution in [0.1, 0.15) is 17.3 Å². The fraction of sp³-hybridized carbons (Fsp3) is 0.300. The number of nitrogens with zero attached hydrogens (tertiary/aromatic N) is 1. The number of likely N-dealkylation sites (N-methyl/N-ethyl adjacent to an activating group) is 1. The van der Waals surface area contributed by atoms with Crippen molar-refractivity contribution in [3.8, 4) is 5.75 Å². The lowest BCUT2D eigenvalue weighted by atomic mass is 10.1. The second-order valence-corrected chi connectivity index (χ2v) is 8.29. The van der Waals surface area contributed by atoms with Gasteiger partial charge in [0.2, 0.25) is 0 Å². The van der Waals surface area contributed by atoms with Crippen LogP contribution in [0.5, 0.6) is 5.75 Å². The molecule has 2 amide bonds. The average Bonchev–Trinajstić information content (AvgIpc) is 2.71. The second kappa shape index (κ2) is 11.4. The van der Waals surface area contributed by atoms with E-state index in [4.69, 9.17) is 9.47 Å².